The minimum absolute atomic E-state index is 0. The highest BCUT2D eigenvalue weighted by Gasteiger charge is 1.90. The molecule has 0 saturated heterocycles. The van der Waals surface area contributed by atoms with Crippen LogP contribution in [0.1, 0.15) is 6.99 Å². The molecule has 0 N–H and O–H groups in total. The molecule has 0 radical (unpaired) electrons. The zero-order chi connectivity index (χ0) is 8.23. The molecule has 0 spiro atoms. The predicted molar refractivity (Wildman–Crippen MR) is 52.1 cm³/mol. The molecule has 62 valence electrons. The van der Waals surface area contributed by atoms with Crippen LogP contribution in [0.5, 0.6) is 0 Å². The number of hydrogen-bond acceptors (Lipinski definition) is 0. The van der Waals surface area contributed by atoms with Crippen LogP contribution in [0.2, 0.25) is 0 Å². The van der Waals surface area contributed by atoms with Gasteiger partial charge in [-0.25, -0.2) is 0 Å². The van der Waals surface area contributed by atoms with E-state index in [4.69, 9.17) is 0 Å². The Morgan fingerprint density at radius 2 is 1.58 bits per heavy atom. The van der Waals surface area contributed by atoms with Gasteiger partial charge in [0.15, 0.2) is 0 Å². The van der Waals surface area contributed by atoms with Gasteiger partial charge in [-0.2, -0.15) is 0 Å². The largest absolute Gasteiger partial charge is 0.350 e. The van der Waals surface area contributed by atoms with Crippen molar-refractivity contribution < 1.29 is 1.43 Å². The Hall–Kier alpha value is -1.50. The highest BCUT2D eigenvalue weighted by Crippen LogP contribution is 2.01. The van der Waals surface area contributed by atoms with Crippen molar-refractivity contribution in [3.05, 3.63) is 60.4 Å². The number of aromatic nitrogens is 1. The third-order valence-electron chi connectivity index (χ3n) is 1.87. The average Bonchev–Trinajstić information content (AvgIpc) is 2.59. The van der Waals surface area contributed by atoms with Gasteiger partial charge in [0.1, 0.15) is 0 Å². The molecule has 0 aliphatic carbocycles. The first kappa shape index (κ1) is 7.17. The van der Waals surface area contributed by atoms with Gasteiger partial charge < -0.3 is 4.57 Å². The average molecular weight is 159 g/mol. The lowest BCUT2D eigenvalue weighted by Gasteiger charge is -2.01. The van der Waals surface area contributed by atoms with E-state index in [2.05, 4.69) is 41.2 Å². The van der Waals surface area contributed by atoms with E-state index < -0.39 is 0 Å². The molecule has 0 aliphatic heterocycles. The standard InChI is InChI=1S/C11H11N.H2/c1-2-6-11(7-3-1)10-12-8-4-5-9-12;/h1-9H,10H2;1H. The van der Waals surface area contributed by atoms with Gasteiger partial charge in [0.05, 0.1) is 0 Å². The Morgan fingerprint density at radius 3 is 2.25 bits per heavy atom. The summed E-state index contributed by atoms with van der Waals surface area (Å²) in [6, 6.07) is 14.5. The van der Waals surface area contributed by atoms with Gasteiger partial charge in [0.2, 0.25) is 0 Å². The summed E-state index contributed by atoms with van der Waals surface area (Å²) in [5.74, 6) is 0. The molecular weight excluding hydrogens is 146 g/mol. The second-order valence-corrected chi connectivity index (χ2v) is 2.84. The highest BCUT2D eigenvalue weighted by atomic mass is 14.9. The fourth-order valence-electron chi connectivity index (χ4n) is 1.27. The first-order chi connectivity index (χ1) is 5.95. The topological polar surface area (TPSA) is 4.93 Å². The van der Waals surface area contributed by atoms with Crippen molar-refractivity contribution in [2.45, 2.75) is 6.54 Å². The number of rotatable bonds is 2. The first-order valence-corrected chi connectivity index (χ1v) is 4.10. The monoisotopic (exact) mass is 159 g/mol. The van der Waals surface area contributed by atoms with E-state index in [0.717, 1.165) is 6.54 Å². The molecule has 1 aromatic carbocycles. The maximum atomic E-state index is 2.16. The van der Waals surface area contributed by atoms with Crippen LogP contribution in [-0.4, -0.2) is 4.57 Å². The molecule has 0 unspecified atom stereocenters. The molecule has 0 bridgehead atoms. The van der Waals surface area contributed by atoms with Crippen molar-refractivity contribution in [3.63, 3.8) is 0 Å². The molecule has 1 nitrogen and oxygen atoms in total. The lowest BCUT2D eigenvalue weighted by Crippen LogP contribution is -1.94. The molecule has 0 amide bonds. The molecule has 2 rings (SSSR count). The highest BCUT2D eigenvalue weighted by molar-refractivity contribution is 5.15. The van der Waals surface area contributed by atoms with Crippen molar-refractivity contribution >= 4 is 0 Å². The van der Waals surface area contributed by atoms with Crippen molar-refractivity contribution in [2.24, 2.45) is 0 Å². The summed E-state index contributed by atoms with van der Waals surface area (Å²) in [6.07, 6.45) is 4.15. The summed E-state index contributed by atoms with van der Waals surface area (Å²) in [5, 5.41) is 0. The van der Waals surface area contributed by atoms with Crippen LogP contribution in [-0.2, 0) is 6.54 Å². The van der Waals surface area contributed by atoms with E-state index in [1.807, 2.05) is 18.2 Å². The number of hydrogen-bond donors (Lipinski definition) is 0. The molecule has 0 fully saturated rings. The summed E-state index contributed by atoms with van der Waals surface area (Å²) in [4.78, 5) is 0. The summed E-state index contributed by atoms with van der Waals surface area (Å²) >= 11 is 0. The molecule has 0 atom stereocenters. The minimum atomic E-state index is 0. The zero-order valence-corrected chi connectivity index (χ0v) is 6.85. The minimum Gasteiger partial charge on any atom is -0.350 e. The fraction of sp³-hybridized carbons (Fsp3) is 0.0909. The molecule has 0 saturated carbocycles. The van der Waals surface area contributed by atoms with Crippen LogP contribution in [0.4, 0.5) is 0 Å². The van der Waals surface area contributed by atoms with E-state index in [9.17, 15) is 0 Å². The Balaban J connectivity index is 0.000000845. The maximum Gasteiger partial charge on any atom is 0.0470 e. The number of benzene rings is 1. The quantitative estimate of drug-likeness (QED) is 0.635. The Morgan fingerprint density at radius 1 is 0.917 bits per heavy atom. The Labute approximate surface area is 73.8 Å². The lowest BCUT2D eigenvalue weighted by molar-refractivity contribution is 0.806. The van der Waals surface area contributed by atoms with Crippen LogP contribution in [0, 0.1) is 0 Å². The van der Waals surface area contributed by atoms with Crippen LogP contribution in [0.3, 0.4) is 0 Å². The van der Waals surface area contributed by atoms with Gasteiger partial charge in [0.25, 0.3) is 0 Å². The third-order valence-corrected chi connectivity index (χ3v) is 1.87. The second kappa shape index (κ2) is 3.26. The first-order valence-electron chi connectivity index (χ1n) is 4.10. The summed E-state index contributed by atoms with van der Waals surface area (Å²) in [5.41, 5.74) is 1.34. The Kier molecular flexibility index (Phi) is 1.95. The van der Waals surface area contributed by atoms with E-state index in [1.54, 1.807) is 0 Å². The molecular formula is C11H13N. The summed E-state index contributed by atoms with van der Waals surface area (Å²) < 4.78 is 2.16. The van der Waals surface area contributed by atoms with Crippen LogP contribution < -0.4 is 0 Å². The number of nitrogens with zero attached hydrogens (tertiary/aromatic N) is 1. The van der Waals surface area contributed by atoms with E-state index >= 15 is 0 Å². The van der Waals surface area contributed by atoms with Gasteiger partial charge in [-0.05, 0) is 17.7 Å². The molecule has 12 heavy (non-hydrogen) atoms. The molecule has 1 heterocycles. The normalized spacial score (nSPS) is 10.0. The molecule has 0 aliphatic rings. The SMILES string of the molecule is [HH].c1ccc(Cn2cccc2)cc1. The fourth-order valence-corrected chi connectivity index (χ4v) is 1.27. The molecule has 1 heteroatoms. The van der Waals surface area contributed by atoms with E-state index in [1.165, 1.54) is 5.56 Å². The molecule has 2 aromatic rings. The molecule has 1 aromatic heterocycles. The van der Waals surface area contributed by atoms with E-state index in [0.29, 0.717) is 0 Å². The maximum absolute atomic E-state index is 2.16. The third kappa shape index (κ3) is 1.56. The van der Waals surface area contributed by atoms with Crippen molar-refractivity contribution in [1.29, 1.82) is 0 Å². The predicted octanol–water partition coefficient (Wildman–Crippen LogP) is 2.78. The van der Waals surface area contributed by atoms with Gasteiger partial charge in [-0.15, -0.1) is 0 Å². The van der Waals surface area contributed by atoms with Gasteiger partial charge in [-0.1, -0.05) is 30.3 Å². The second-order valence-electron chi connectivity index (χ2n) is 2.84. The zero-order valence-electron chi connectivity index (χ0n) is 6.85. The van der Waals surface area contributed by atoms with Crippen LogP contribution in [0.15, 0.2) is 54.9 Å². The van der Waals surface area contributed by atoms with Crippen molar-refractivity contribution in [2.75, 3.05) is 0 Å². The summed E-state index contributed by atoms with van der Waals surface area (Å²) in [7, 11) is 0. The Bertz CT molecular complexity index is 326. The van der Waals surface area contributed by atoms with Crippen molar-refractivity contribution in [1.82, 2.24) is 4.57 Å². The van der Waals surface area contributed by atoms with Gasteiger partial charge >= 0.3 is 0 Å². The van der Waals surface area contributed by atoms with Crippen LogP contribution >= 0.6 is 0 Å². The van der Waals surface area contributed by atoms with E-state index in [-0.39, 0.29) is 1.43 Å². The van der Waals surface area contributed by atoms with Crippen LogP contribution in [0.25, 0.3) is 0 Å². The summed E-state index contributed by atoms with van der Waals surface area (Å²) in [6.45, 7) is 0.966. The smallest absolute Gasteiger partial charge is 0.0470 e. The van der Waals surface area contributed by atoms with Crippen molar-refractivity contribution in [3.8, 4) is 0 Å². The van der Waals surface area contributed by atoms with Gasteiger partial charge in [-0.3, -0.25) is 0 Å². The lowest BCUT2D eigenvalue weighted by atomic mass is 10.2. The van der Waals surface area contributed by atoms with Gasteiger partial charge in [0, 0.05) is 20.4 Å².